The highest BCUT2D eigenvalue weighted by molar-refractivity contribution is 5.79. The lowest BCUT2D eigenvalue weighted by Gasteiger charge is -2.33. The molecule has 1 aliphatic rings. The van der Waals surface area contributed by atoms with Crippen LogP contribution in [0.5, 0.6) is 0 Å². The number of hydrogen-bond donors (Lipinski definition) is 2. The van der Waals surface area contributed by atoms with Gasteiger partial charge in [0.2, 0.25) is 5.91 Å². The lowest BCUT2D eigenvalue weighted by molar-refractivity contribution is -0.119. The molecule has 0 spiro atoms. The van der Waals surface area contributed by atoms with Gasteiger partial charge in [0, 0.05) is 6.04 Å². The van der Waals surface area contributed by atoms with Crippen molar-refractivity contribution in [3.05, 3.63) is 0 Å². The van der Waals surface area contributed by atoms with Crippen LogP contribution in [-0.4, -0.2) is 18.0 Å². The van der Waals surface area contributed by atoms with Crippen LogP contribution in [0.2, 0.25) is 0 Å². The Bertz CT molecular complexity index is 195. The maximum Gasteiger partial charge on any atom is 0.234 e. The van der Waals surface area contributed by atoms with Crippen LogP contribution in [-0.2, 0) is 4.79 Å². The second kappa shape index (κ2) is 4.78. The second-order valence-corrected chi connectivity index (χ2v) is 4.91. The number of nitrogens with two attached hydrogens (primary N) is 1. The molecule has 1 rings (SSSR count). The van der Waals surface area contributed by atoms with E-state index in [9.17, 15) is 4.79 Å². The van der Waals surface area contributed by atoms with Gasteiger partial charge in [-0.1, -0.05) is 13.8 Å². The maximum atomic E-state index is 10.9. The fourth-order valence-corrected chi connectivity index (χ4v) is 2.52. The van der Waals surface area contributed by atoms with Gasteiger partial charge in [-0.3, -0.25) is 4.79 Å². The van der Waals surface area contributed by atoms with Gasteiger partial charge in [-0.25, -0.2) is 0 Å². The van der Waals surface area contributed by atoms with E-state index in [0.717, 1.165) is 11.8 Å². The van der Waals surface area contributed by atoms with Crippen LogP contribution in [0.25, 0.3) is 0 Å². The van der Waals surface area contributed by atoms with Crippen LogP contribution in [0.15, 0.2) is 0 Å². The highest BCUT2D eigenvalue weighted by Crippen LogP contribution is 2.28. The van der Waals surface area contributed by atoms with Crippen molar-refractivity contribution in [1.82, 2.24) is 5.32 Å². The van der Waals surface area contributed by atoms with Crippen molar-refractivity contribution in [2.75, 3.05) is 0 Å². The molecule has 0 bridgehead atoms. The molecule has 3 atom stereocenters. The van der Waals surface area contributed by atoms with E-state index in [2.05, 4.69) is 19.2 Å². The summed E-state index contributed by atoms with van der Waals surface area (Å²) in [6.45, 7) is 6.39. The third kappa shape index (κ3) is 3.29. The fourth-order valence-electron chi connectivity index (χ4n) is 2.52. The van der Waals surface area contributed by atoms with Crippen molar-refractivity contribution in [3.8, 4) is 0 Å². The Balaban J connectivity index is 2.40. The minimum absolute atomic E-state index is 0.197. The van der Waals surface area contributed by atoms with Gasteiger partial charge in [-0.2, -0.15) is 0 Å². The molecule has 1 aliphatic carbocycles. The zero-order chi connectivity index (χ0) is 10.7. The van der Waals surface area contributed by atoms with Crippen molar-refractivity contribution in [1.29, 1.82) is 0 Å². The number of nitrogens with one attached hydrogen (secondary N) is 1. The summed E-state index contributed by atoms with van der Waals surface area (Å²) in [5.74, 6) is 1.27. The summed E-state index contributed by atoms with van der Waals surface area (Å²) in [4.78, 5) is 10.9. The minimum atomic E-state index is -0.254. The Labute approximate surface area is 86.4 Å². The van der Waals surface area contributed by atoms with E-state index < -0.39 is 0 Å². The topological polar surface area (TPSA) is 55.1 Å². The number of carbonyl (C=O) groups is 1. The average molecular weight is 198 g/mol. The molecule has 0 heterocycles. The van der Waals surface area contributed by atoms with E-state index in [4.69, 9.17) is 5.73 Å². The maximum absolute atomic E-state index is 10.9. The molecule has 3 heteroatoms. The van der Waals surface area contributed by atoms with E-state index >= 15 is 0 Å². The number of amides is 1. The lowest BCUT2D eigenvalue weighted by atomic mass is 9.80. The fraction of sp³-hybridized carbons (Fsp3) is 0.909. The Hall–Kier alpha value is -0.570. The molecule has 0 aromatic rings. The molecule has 0 saturated heterocycles. The first-order chi connectivity index (χ1) is 6.49. The molecule has 1 saturated carbocycles. The summed E-state index contributed by atoms with van der Waals surface area (Å²) in [6, 6.07) is 0.272. The average Bonchev–Trinajstić information content (AvgIpc) is 2.01. The summed E-state index contributed by atoms with van der Waals surface area (Å²) < 4.78 is 0. The zero-order valence-electron chi connectivity index (χ0n) is 9.42. The van der Waals surface area contributed by atoms with Gasteiger partial charge < -0.3 is 11.1 Å². The number of carbonyl (C=O) groups excluding carboxylic acids is 1. The predicted octanol–water partition coefficient (Wildman–Crippen LogP) is 1.27. The van der Waals surface area contributed by atoms with Crippen molar-refractivity contribution < 1.29 is 4.79 Å². The normalized spacial score (nSPS) is 35.2. The molecule has 3 N–H and O–H groups in total. The molecule has 1 fully saturated rings. The molecule has 0 aromatic carbocycles. The van der Waals surface area contributed by atoms with Gasteiger partial charge in [0.15, 0.2) is 0 Å². The SMILES string of the molecule is CC1CC(C)CC(N[C@H](C)C(N)=O)C1. The van der Waals surface area contributed by atoms with Gasteiger partial charge in [0.25, 0.3) is 0 Å². The van der Waals surface area contributed by atoms with Gasteiger partial charge in [0.1, 0.15) is 0 Å². The number of primary amides is 1. The first-order valence-corrected chi connectivity index (χ1v) is 5.54. The standard InChI is InChI=1S/C11H22N2O/c1-7-4-8(2)6-10(5-7)13-9(3)11(12)14/h7-10,13H,4-6H2,1-3H3,(H2,12,14)/t7?,8?,9-,10?/m1/s1. The highest BCUT2D eigenvalue weighted by atomic mass is 16.1. The largest absolute Gasteiger partial charge is 0.368 e. The predicted molar refractivity (Wildman–Crippen MR) is 57.8 cm³/mol. The summed E-state index contributed by atoms with van der Waals surface area (Å²) in [6.07, 6.45) is 3.65. The van der Waals surface area contributed by atoms with Crippen molar-refractivity contribution in [2.45, 2.75) is 52.1 Å². The Morgan fingerprint density at radius 2 is 1.79 bits per heavy atom. The number of hydrogen-bond acceptors (Lipinski definition) is 2. The van der Waals surface area contributed by atoms with Crippen LogP contribution in [0.3, 0.4) is 0 Å². The van der Waals surface area contributed by atoms with Gasteiger partial charge in [0.05, 0.1) is 6.04 Å². The van der Waals surface area contributed by atoms with Crippen LogP contribution in [0.4, 0.5) is 0 Å². The van der Waals surface area contributed by atoms with E-state index in [1.165, 1.54) is 19.3 Å². The number of rotatable bonds is 3. The molecular weight excluding hydrogens is 176 g/mol. The van der Waals surface area contributed by atoms with Gasteiger partial charge >= 0.3 is 0 Å². The van der Waals surface area contributed by atoms with E-state index in [-0.39, 0.29) is 11.9 Å². The minimum Gasteiger partial charge on any atom is -0.368 e. The Kier molecular flexibility index (Phi) is 3.93. The summed E-state index contributed by atoms with van der Waals surface area (Å²) >= 11 is 0. The first-order valence-electron chi connectivity index (χ1n) is 5.54. The monoisotopic (exact) mass is 198 g/mol. The quantitative estimate of drug-likeness (QED) is 0.717. The third-order valence-corrected chi connectivity index (χ3v) is 3.09. The second-order valence-electron chi connectivity index (χ2n) is 4.91. The molecule has 0 aromatic heterocycles. The van der Waals surface area contributed by atoms with Crippen molar-refractivity contribution >= 4 is 5.91 Å². The first kappa shape index (κ1) is 11.5. The zero-order valence-corrected chi connectivity index (χ0v) is 9.42. The van der Waals surface area contributed by atoms with E-state index in [1.807, 2.05) is 6.92 Å². The molecule has 3 nitrogen and oxygen atoms in total. The van der Waals surface area contributed by atoms with Crippen molar-refractivity contribution in [3.63, 3.8) is 0 Å². The molecular formula is C11H22N2O. The van der Waals surface area contributed by atoms with Crippen molar-refractivity contribution in [2.24, 2.45) is 17.6 Å². The Morgan fingerprint density at radius 1 is 1.29 bits per heavy atom. The van der Waals surface area contributed by atoms with Crippen LogP contribution in [0.1, 0.15) is 40.0 Å². The molecule has 1 amide bonds. The van der Waals surface area contributed by atoms with Crippen LogP contribution in [0, 0.1) is 11.8 Å². The van der Waals surface area contributed by atoms with Gasteiger partial charge in [-0.05, 0) is 38.0 Å². The highest BCUT2D eigenvalue weighted by Gasteiger charge is 2.25. The lowest BCUT2D eigenvalue weighted by Crippen LogP contribution is -2.47. The van der Waals surface area contributed by atoms with Crippen LogP contribution >= 0.6 is 0 Å². The molecule has 0 aliphatic heterocycles. The molecule has 2 unspecified atom stereocenters. The summed E-state index contributed by atoms with van der Waals surface area (Å²) in [7, 11) is 0. The summed E-state index contributed by atoms with van der Waals surface area (Å²) in [5, 5.41) is 3.30. The van der Waals surface area contributed by atoms with E-state index in [1.54, 1.807) is 0 Å². The summed E-state index contributed by atoms with van der Waals surface area (Å²) in [5.41, 5.74) is 5.22. The van der Waals surface area contributed by atoms with E-state index in [0.29, 0.717) is 6.04 Å². The third-order valence-electron chi connectivity index (χ3n) is 3.09. The Morgan fingerprint density at radius 3 is 2.21 bits per heavy atom. The smallest absolute Gasteiger partial charge is 0.234 e. The van der Waals surface area contributed by atoms with Gasteiger partial charge in [-0.15, -0.1) is 0 Å². The molecule has 14 heavy (non-hydrogen) atoms. The van der Waals surface area contributed by atoms with Crippen LogP contribution < -0.4 is 11.1 Å². The molecule has 0 radical (unpaired) electrons. The molecule has 82 valence electrons.